The van der Waals surface area contributed by atoms with Crippen molar-refractivity contribution in [1.82, 2.24) is 19.9 Å². The monoisotopic (exact) mass is 276 g/mol. The SMILES string of the molecule is CSc1cnc2c(c1)ncc(=O)n2C1CCNCC1. The Kier molecular flexibility index (Phi) is 3.52. The lowest BCUT2D eigenvalue weighted by molar-refractivity contribution is 0.367. The zero-order chi connectivity index (χ0) is 13.2. The number of nitrogens with one attached hydrogen (secondary N) is 1. The van der Waals surface area contributed by atoms with Crippen LogP contribution in [-0.4, -0.2) is 33.9 Å². The highest BCUT2D eigenvalue weighted by molar-refractivity contribution is 7.98. The maximum atomic E-state index is 12.1. The molecule has 2 aromatic rings. The van der Waals surface area contributed by atoms with Crippen LogP contribution < -0.4 is 10.9 Å². The van der Waals surface area contributed by atoms with Crippen molar-refractivity contribution in [2.75, 3.05) is 19.3 Å². The van der Waals surface area contributed by atoms with E-state index < -0.39 is 0 Å². The number of hydrogen-bond acceptors (Lipinski definition) is 5. The van der Waals surface area contributed by atoms with Crippen LogP contribution in [0.15, 0.2) is 28.2 Å². The summed E-state index contributed by atoms with van der Waals surface area (Å²) in [4.78, 5) is 21.9. The van der Waals surface area contributed by atoms with Crippen molar-refractivity contribution >= 4 is 22.9 Å². The summed E-state index contributed by atoms with van der Waals surface area (Å²) < 4.78 is 1.81. The second-order valence-electron chi connectivity index (χ2n) is 4.67. The van der Waals surface area contributed by atoms with Crippen LogP contribution in [0.2, 0.25) is 0 Å². The first-order valence-corrected chi connectivity index (χ1v) is 7.64. The number of thioether (sulfide) groups is 1. The van der Waals surface area contributed by atoms with E-state index in [1.807, 2.05) is 23.1 Å². The van der Waals surface area contributed by atoms with Gasteiger partial charge in [0, 0.05) is 17.1 Å². The molecule has 0 aromatic carbocycles. The van der Waals surface area contributed by atoms with Gasteiger partial charge in [0.05, 0.1) is 6.20 Å². The van der Waals surface area contributed by atoms with Gasteiger partial charge < -0.3 is 5.32 Å². The first-order valence-electron chi connectivity index (χ1n) is 6.41. The molecule has 3 rings (SSSR count). The minimum absolute atomic E-state index is 0.0520. The van der Waals surface area contributed by atoms with E-state index >= 15 is 0 Å². The quantitative estimate of drug-likeness (QED) is 0.841. The first kappa shape index (κ1) is 12.6. The molecule has 0 aliphatic carbocycles. The van der Waals surface area contributed by atoms with Gasteiger partial charge in [-0.25, -0.2) is 9.97 Å². The molecule has 0 atom stereocenters. The second kappa shape index (κ2) is 5.30. The van der Waals surface area contributed by atoms with Crippen LogP contribution in [0.3, 0.4) is 0 Å². The van der Waals surface area contributed by atoms with Crippen LogP contribution in [0.1, 0.15) is 18.9 Å². The van der Waals surface area contributed by atoms with Gasteiger partial charge in [0.2, 0.25) is 0 Å². The number of hydrogen-bond donors (Lipinski definition) is 1. The predicted octanol–water partition coefficient (Wildman–Crippen LogP) is 1.44. The predicted molar refractivity (Wildman–Crippen MR) is 76.7 cm³/mol. The summed E-state index contributed by atoms with van der Waals surface area (Å²) in [6.45, 7) is 1.90. The van der Waals surface area contributed by atoms with Crippen molar-refractivity contribution in [2.45, 2.75) is 23.8 Å². The molecule has 2 aromatic heterocycles. The van der Waals surface area contributed by atoms with E-state index in [2.05, 4.69) is 15.3 Å². The average molecular weight is 276 g/mol. The highest BCUT2D eigenvalue weighted by Crippen LogP contribution is 2.22. The molecular formula is C13H16N4OS. The van der Waals surface area contributed by atoms with E-state index in [4.69, 9.17) is 0 Å². The normalized spacial score (nSPS) is 16.9. The molecule has 0 saturated carbocycles. The van der Waals surface area contributed by atoms with Crippen molar-refractivity contribution in [1.29, 1.82) is 0 Å². The standard InChI is InChI=1S/C13H16N4OS/c1-19-10-6-11-13(16-7-10)17(12(18)8-15-11)9-2-4-14-5-3-9/h6-9,14H,2-5H2,1H3. The minimum atomic E-state index is -0.0520. The summed E-state index contributed by atoms with van der Waals surface area (Å²) in [5, 5.41) is 3.32. The fraction of sp³-hybridized carbons (Fsp3) is 0.462. The van der Waals surface area contributed by atoms with Gasteiger partial charge in [-0.15, -0.1) is 11.8 Å². The van der Waals surface area contributed by atoms with Crippen LogP contribution >= 0.6 is 11.8 Å². The van der Waals surface area contributed by atoms with Crippen LogP contribution in [0.4, 0.5) is 0 Å². The molecule has 0 spiro atoms. The Labute approximate surface area is 115 Å². The molecule has 1 N–H and O–H groups in total. The van der Waals surface area contributed by atoms with Crippen molar-refractivity contribution in [3.8, 4) is 0 Å². The molecule has 0 bridgehead atoms. The van der Waals surface area contributed by atoms with Crippen LogP contribution in [0.25, 0.3) is 11.2 Å². The number of nitrogens with zero attached hydrogens (tertiary/aromatic N) is 3. The maximum absolute atomic E-state index is 12.1. The number of fused-ring (bicyclic) bond motifs is 1. The Hall–Kier alpha value is -1.40. The molecule has 1 fully saturated rings. The van der Waals surface area contributed by atoms with Gasteiger partial charge in [-0.3, -0.25) is 9.36 Å². The third kappa shape index (κ3) is 2.37. The average Bonchev–Trinajstić information content (AvgIpc) is 2.47. The Morgan fingerprint density at radius 2 is 2.11 bits per heavy atom. The summed E-state index contributed by atoms with van der Waals surface area (Å²) in [6, 6.07) is 2.22. The fourth-order valence-electron chi connectivity index (χ4n) is 2.53. The maximum Gasteiger partial charge on any atom is 0.270 e. The Morgan fingerprint density at radius 1 is 1.32 bits per heavy atom. The number of pyridine rings is 1. The van der Waals surface area contributed by atoms with Crippen LogP contribution in [0.5, 0.6) is 0 Å². The third-order valence-corrected chi connectivity index (χ3v) is 4.21. The summed E-state index contributed by atoms with van der Waals surface area (Å²) in [5.74, 6) is 0. The van der Waals surface area contributed by atoms with E-state index in [9.17, 15) is 4.79 Å². The van der Waals surface area contributed by atoms with Gasteiger partial charge >= 0.3 is 0 Å². The lowest BCUT2D eigenvalue weighted by Gasteiger charge is -2.25. The van der Waals surface area contributed by atoms with Crippen molar-refractivity contribution in [3.05, 3.63) is 28.8 Å². The number of piperidine rings is 1. The summed E-state index contributed by atoms with van der Waals surface area (Å²) in [5.41, 5.74) is 1.45. The lowest BCUT2D eigenvalue weighted by atomic mass is 10.1. The zero-order valence-electron chi connectivity index (χ0n) is 10.8. The van der Waals surface area contributed by atoms with E-state index in [0.29, 0.717) is 5.65 Å². The minimum Gasteiger partial charge on any atom is -0.317 e. The summed E-state index contributed by atoms with van der Waals surface area (Å²) in [7, 11) is 0. The van der Waals surface area contributed by atoms with Gasteiger partial charge in [0.15, 0.2) is 5.65 Å². The Morgan fingerprint density at radius 3 is 2.84 bits per heavy atom. The first-order chi connectivity index (χ1) is 9.29. The molecular weight excluding hydrogens is 260 g/mol. The zero-order valence-corrected chi connectivity index (χ0v) is 11.6. The molecule has 3 heterocycles. The van der Waals surface area contributed by atoms with E-state index in [1.165, 1.54) is 6.20 Å². The topological polar surface area (TPSA) is 59.8 Å². The Balaban J connectivity index is 2.16. The fourth-order valence-corrected chi connectivity index (χ4v) is 2.92. The van der Waals surface area contributed by atoms with Gasteiger partial charge in [-0.2, -0.15) is 0 Å². The highest BCUT2D eigenvalue weighted by atomic mass is 32.2. The molecule has 0 radical (unpaired) electrons. The van der Waals surface area contributed by atoms with Gasteiger partial charge in [0.25, 0.3) is 5.56 Å². The number of aromatic nitrogens is 3. The smallest absolute Gasteiger partial charge is 0.270 e. The third-order valence-electron chi connectivity index (χ3n) is 3.51. The molecule has 19 heavy (non-hydrogen) atoms. The molecule has 1 aliphatic rings. The molecule has 100 valence electrons. The molecule has 6 heteroatoms. The van der Waals surface area contributed by atoms with E-state index in [0.717, 1.165) is 36.3 Å². The molecule has 1 saturated heterocycles. The van der Waals surface area contributed by atoms with Crippen molar-refractivity contribution < 1.29 is 0 Å². The second-order valence-corrected chi connectivity index (χ2v) is 5.55. The molecule has 1 aliphatic heterocycles. The summed E-state index contributed by atoms with van der Waals surface area (Å²) >= 11 is 1.63. The van der Waals surface area contributed by atoms with E-state index in [1.54, 1.807) is 11.8 Å². The van der Waals surface area contributed by atoms with Crippen LogP contribution in [0, 0.1) is 0 Å². The van der Waals surface area contributed by atoms with E-state index in [-0.39, 0.29) is 11.6 Å². The van der Waals surface area contributed by atoms with Crippen molar-refractivity contribution in [2.24, 2.45) is 0 Å². The molecule has 5 nitrogen and oxygen atoms in total. The molecule has 0 amide bonds. The molecule has 0 unspecified atom stereocenters. The Bertz CT molecular complexity index is 649. The van der Waals surface area contributed by atoms with Crippen LogP contribution in [-0.2, 0) is 0 Å². The van der Waals surface area contributed by atoms with Gasteiger partial charge in [-0.05, 0) is 38.3 Å². The lowest BCUT2D eigenvalue weighted by Crippen LogP contribution is -2.34. The van der Waals surface area contributed by atoms with Gasteiger partial charge in [0.1, 0.15) is 5.52 Å². The summed E-state index contributed by atoms with van der Waals surface area (Å²) in [6.07, 6.45) is 7.16. The largest absolute Gasteiger partial charge is 0.317 e. The van der Waals surface area contributed by atoms with Gasteiger partial charge in [-0.1, -0.05) is 0 Å². The van der Waals surface area contributed by atoms with Crippen molar-refractivity contribution in [3.63, 3.8) is 0 Å². The number of rotatable bonds is 2. The highest BCUT2D eigenvalue weighted by Gasteiger charge is 2.19.